The predicted octanol–water partition coefficient (Wildman–Crippen LogP) is -2.47. The normalized spacial score (nSPS) is 25.0. The van der Waals surface area contributed by atoms with Crippen LogP contribution in [0.4, 0.5) is 4.39 Å². The highest BCUT2D eigenvalue weighted by Crippen LogP contribution is 2.22. The molecule has 1 saturated heterocycles. The quantitative estimate of drug-likeness (QED) is 0.407. The van der Waals surface area contributed by atoms with Gasteiger partial charge in [0.15, 0.2) is 0 Å². The minimum atomic E-state index is -1.81. The van der Waals surface area contributed by atoms with Crippen LogP contribution in [0.25, 0.3) is 0 Å². The summed E-state index contributed by atoms with van der Waals surface area (Å²) in [5.74, 6) is -2.18. The van der Waals surface area contributed by atoms with E-state index in [-0.39, 0.29) is 25.8 Å². The number of amides is 2. The van der Waals surface area contributed by atoms with Gasteiger partial charge in [0.2, 0.25) is 11.8 Å². The molecule has 0 saturated carbocycles. The summed E-state index contributed by atoms with van der Waals surface area (Å²) in [4.78, 5) is 23.5. The first-order valence-corrected chi connectivity index (χ1v) is 5.67. The lowest BCUT2D eigenvalue weighted by molar-refractivity contribution is -0.133. The largest absolute Gasteiger partial charge is 0.475 e. The van der Waals surface area contributed by atoms with Crippen molar-refractivity contribution >= 4 is 18.9 Å². The fourth-order valence-corrected chi connectivity index (χ4v) is 1.98. The molecule has 0 aromatic carbocycles. The van der Waals surface area contributed by atoms with E-state index in [0.29, 0.717) is 0 Å². The number of nitrogens with two attached hydrogens (primary N) is 2. The SMILES string of the molecule is NC(=O)CC[C@H](N)C(=O)N1C[C@H](F)C[C@@H]1B(O)O. The Balaban J connectivity index is 2.61. The summed E-state index contributed by atoms with van der Waals surface area (Å²) < 4.78 is 13.2. The molecule has 1 aliphatic rings. The van der Waals surface area contributed by atoms with Gasteiger partial charge in [0.05, 0.1) is 18.5 Å². The van der Waals surface area contributed by atoms with Gasteiger partial charge in [0.1, 0.15) is 6.17 Å². The minimum absolute atomic E-state index is 0.0495. The Hall–Kier alpha value is -1.19. The summed E-state index contributed by atoms with van der Waals surface area (Å²) in [5, 5.41) is 18.1. The molecule has 0 aliphatic carbocycles. The topological polar surface area (TPSA) is 130 Å². The van der Waals surface area contributed by atoms with Crippen LogP contribution in [0.15, 0.2) is 0 Å². The summed E-state index contributed by atoms with van der Waals surface area (Å²) in [6.07, 6.45) is -1.43. The van der Waals surface area contributed by atoms with Crippen LogP contribution in [0.2, 0.25) is 0 Å². The number of hydrogen-bond donors (Lipinski definition) is 4. The number of alkyl halides is 1. The van der Waals surface area contributed by atoms with Gasteiger partial charge in [-0.15, -0.1) is 0 Å². The molecule has 0 aromatic rings. The van der Waals surface area contributed by atoms with Gasteiger partial charge in [-0.2, -0.15) is 0 Å². The van der Waals surface area contributed by atoms with Gasteiger partial charge in [-0.1, -0.05) is 0 Å². The van der Waals surface area contributed by atoms with Crippen molar-refractivity contribution in [2.45, 2.75) is 37.4 Å². The zero-order valence-corrected chi connectivity index (χ0v) is 9.83. The number of rotatable bonds is 5. The molecule has 1 aliphatic heterocycles. The second-order valence-corrected chi connectivity index (χ2v) is 4.42. The van der Waals surface area contributed by atoms with Crippen molar-refractivity contribution < 1.29 is 24.0 Å². The maximum Gasteiger partial charge on any atom is 0.475 e. The standard InChI is InChI=1S/C9H17BFN3O4/c11-5-3-7(10(17)18)14(4-5)9(16)6(12)1-2-8(13)15/h5-7,17-18H,1-4,12H2,(H2,13,15)/t5-,6+,7-/m1/s1. The highest BCUT2D eigenvalue weighted by Gasteiger charge is 2.43. The maximum absolute atomic E-state index is 13.2. The van der Waals surface area contributed by atoms with E-state index in [0.717, 1.165) is 4.90 Å². The molecule has 1 fully saturated rings. The molecule has 0 spiro atoms. The lowest BCUT2D eigenvalue weighted by Crippen LogP contribution is -2.51. The molecule has 1 rings (SSSR count). The highest BCUT2D eigenvalue weighted by atomic mass is 19.1. The van der Waals surface area contributed by atoms with Crippen LogP contribution in [0.3, 0.4) is 0 Å². The smallest absolute Gasteiger partial charge is 0.426 e. The molecule has 0 aromatic heterocycles. The van der Waals surface area contributed by atoms with Crippen molar-refractivity contribution in [2.75, 3.05) is 6.54 Å². The van der Waals surface area contributed by atoms with Crippen molar-refractivity contribution in [3.05, 3.63) is 0 Å². The average molecular weight is 261 g/mol. The number of carbonyl (C=O) groups is 2. The van der Waals surface area contributed by atoms with Gasteiger partial charge in [-0.25, -0.2) is 4.39 Å². The van der Waals surface area contributed by atoms with Crippen molar-refractivity contribution in [2.24, 2.45) is 11.5 Å². The van der Waals surface area contributed by atoms with Gasteiger partial charge < -0.3 is 26.4 Å². The third-order valence-corrected chi connectivity index (χ3v) is 2.94. The highest BCUT2D eigenvalue weighted by molar-refractivity contribution is 6.43. The van der Waals surface area contributed by atoms with Crippen LogP contribution in [-0.4, -0.2) is 58.6 Å². The number of carbonyl (C=O) groups excluding carboxylic acids is 2. The molecule has 7 nitrogen and oxygen atoms in total. The van der Waals surface area contributed by atoms with E-state index in [1.807, 2.05) is 0 Å². The summed E-state index contributed by atoms with van der Waals surface area (Å²) in [5.41, 5.74) is 10.5. The second-order valence-electron chi connectivity index (χ2n) is 4.42. The number of hydrogen-bond acceptors (Lipinski definition) is 5. The van der Waals surface area contributed by atoms with Crippen LogP contribution in [0.1, 0.15) is 19.3 Å². The molecule has 9 heteroatoms. The van der Waals surface area contributed by atoms with Crippen molar-refractivity contribution in [3.8, 4) is 0 Å². The van der Waals surface area contributed by atoms with Crippen LogP contribution in [0.5, 0.6) is 0 Å². The molecule has 2 amide bonds. The van der Waals surface area contributed by atoms with Crippen molar-refractivity contribution in [3.63, 3.8) is 0 Å². The molecule has 6 N–H and O–H groups in total. The number of halogens is 1. The van der Waals surface area contributed by atoms with Crippen LogP contribution < -0.4 is 11.5 Å². The molecular formula is C9H17BFN3O4. The fourth-order valence-electron chi connectivity index (χ4n) is 1.98. The van der Waals surface area contributed by atoms with E-state index in [2.05, 4.69) is 0 Å². The molecule has 0 radical (unpaired) electrons. The Morgan fingerprint density at radius 3 is 2.61 bits per heavy atom. The van der Waals surface area contributed by atoms with Gasteiger partial charge in [0.25, 0.3) is 0 Å². The first-order valence-electron chi connectivity index (χ1n) is 5.67. The van der Waals surface area contributed by atoms with Crippen LogP contribution >= 0.6 is 0 Å². The lowest BCUT2D eigenvalue weighted by Gasteiger charge is -2.26. The van der Waals surface area contributed by atoms with E-state index in [1.54, 1.807) is 0 Å². The zero-order valence-electron chi connectivity index (χ0n) is 9.83. The van der Waals surface area contributed by atoms with Crippen LogP contribution in [0, 0.1) is 0 Å². The Bertz CT molecular complexity index is 331. The number of likely N-dealkylation sites (tertiary alicyclic amines) is 1. The lowest BCUT2D eigenvalue weighted by atomic mass is 9.77. The van der Waals surface area contributed by atoms with Crippen molar-refractivity contribution in [1.29, 1.82) is 0 Å². The number of nitrogens with zero attached hydrogens (tertiary/aromatic N) is 1. The van der Waals surface area contributed by atoms with Gasteiger partial charge in [-0.3, -0.25) is 9.59 Å². The summed E-state index contributed by atoms with van der Waals surface area (Å²) in [6.45, 7) is -0.217. The molecule has 0 unspecified atom stereocenters. The molecule has 18 heavy (non-hydrogen) atoms. The Morgan fingerprint density at radius 1 is 1.50 bits per heavy atom. The predicted molar refractivity (Wildman–Crippen MR) is 61.6 cm³/mol. The van der Waals surface area contributed by atoms with E-state index >= 15 is 0 Å². The third-order valence-electron chi connectivity index (χ3n) is 2.94. The third kappa shape index (κ3) is 3.65. The van der Waals surface area contributed by atoms with Crippen LogP contribution in [-0.2, 0) is 9.59 Å². The minimum Gasteiger partial charge on any atom is -0.426 e. The van der Waals surface area contributed by atoms with Gasteiger partial charge in [0, 0.05) is 6.42 Å². The van der Waals surface area contributed by atoms with Gasteiger partial charge in [-0.05, 0) is 12.8 Å². The van der Waals surface area contributed by atoms with Gasteiger partial charge >= 0.3 is 7.12 Å². The number of primary amides is 1. The monoisotopic (exact) mass is 261 g/mol. The maximum atomic E-state index is 13.2. The summed E-state index contributed by atoms with van der Waals surface area (Å²) in [7, 11) is -1.81. The van der Waals surface area contributed by atoms with E-state index in [4.69, 9.17) is 21.5 Å². The van der Waals surface area contributed by atoms with E-state index in [9.17, 15) is 14.0 Å². The Labute approximate surface area is 104 Å². The Kier molecular flexibility index (Phi) is 5.06. The summed E-state index contributed by atoms with van der Waals surface area (Å²) in [6, 6.07) is -0.996. The average Bonchev–Trinajstić information content (AvgIpc) is 2.67. The zero-order chi connectivity index (χ0) is 13.9. The van der Waals surface area contributed by atoms with E-state index < -0.39 is 37.1 Å². The fraction of sp³-hybridized carbons (Fsp3) is 0.778. The Morgan fingerprint density at radius 2 is 2.11 bits per heavy atom. The molecule has 3 atom stereocenters. The molecular weight excluding hydrogens is 244 g/mol. The van der Waals surface area contributed by atoms with Crippen molar-refractivity contribution in [1.82, 2.24) is 4.90 Å². The molecule has 1 heterocycles. The molecule has 0 bridgehead atoms. The first kappa shape index (κ1) is 14.9. The first-order chi connectivity index (χ1) is 8.32. The molecule has 102 valence electrons. The summed E-state index contributed by atoms with van der Waals surface area (Å²) >= 11 is 0. The second kappa shape index (κ2) is 6.12. The van der Waals surface area contributed by atoms with E-state index in [1.165, 1.54) is 0 Å².